The number of aromatic nitrogens is 2. The molecule has 2 aromatic heterocycles. The van der Waals surface area contributed by atoms with Gasteiger partial charge in [0.2, 0.25) is 5.90 Å². The standard InChI is InChI=1S/C30H35FN4O8S/c1-17-23-26(36)35(33(5)29(38)43-30(2,3)4)28(37)34(27(23)44-24(17)25-32-11-14-41-25)16-22(42-19-9-12-40-13-10-19)20-15-18(31)7-8-21(20)39-6/h7-8,15-16,19H,9-14H2,1-6H3. The summed E-state index contributed by atoms with van der Waals surface area (Å²) >= 11 is 1.14. The molecule has 0 aliphatic carbocycles. The van der Waals surface area contributed by atoms with E-state index in [0.29, 0.717) is 66.0 Å². The molecule has 14 heteroatoms. The summed E-state index contributed by atoms with van der Waals surface area (Å²) in [6.07, 6.45) is 1.33. The van der Waals surface area contributed by atoms with E-state index in [4.69, 9.17) is 23.7 Å². The number of aliphatic imine (C=N–C) groups is 1. The maximum Gasteiger partial charge on any atom is 0.429 e. The van der Waals surface area contributed by atoms with Gasteiger partial charge in [0.15, 0.2) is 0 Å². The second-order valence-electron chi connectivity index (χ2n) is 11.3. The third kappa shape index (κ3) is 6.22. The largest absolute Gasteiger partial charge is 0.496 e. The lowest BCUT2D eigenvalue weighted by Gasteiger charge is -2.26. The molecule has 5 rings (SSSR count). The van der Waals surface area contributed by atoms with E-state index in [2.05, 4.69) is 4.99 Å². The van der Waals surface area contributed by atoms with Gasteiger partial charge in [-0.25, -0.2) is 24.0 Å². The number of methoxy groups -OCH3 is 1. The van der Waals surface area contributed by atoms with Crippen LogP contribution in [0.5, 0.6) is 5.75 Å². The number of ether oxygens (including phenoxy) is 5. The lowest BCUT2D eigenvalue weighted by Crippen LogP contribution is -2.53. The molecule has 0 N–H and O–H groups in total. The number of halogens is 1. The Morgan fingerprint density at radius 1 is 1.20 bits per heavy atom. The highest BCUT2D eigenvalue weighted by Gasteiger charge is 2.29. The van der Waals surface area contributed by atoms with E-state index < -0.39 is 28.8 Å². The fourth-order valence-corrected chi connectivity index (χ4v) is 6.12. The zero-order chi connectivity index (χ0) is 31.8. The van der Waals surface area contributed by atoms with Crippen molar-refractivity contribution in [2.75, 3.05) is 45.5 Å². The molecule has 0 saturated carbocycles. The number of amides is 1. The van der Waals surface area contributed by atoms with Gasteiger partial charge in [-0.1, -0.05) is 0 Å². The van der Waals surface area contributed by atoms with Crippen LogP contribution in [0.4, 0.5) is 9.18 Å². The summed E-state index contributed by atoms with van der Waals surface area (Å²) in [7, 11) is 2.72. The average Bonchev–Trinajstić information content (AvgIpc) is 3.62. The van der Waals surface area contributed by atoms with Crippen molar-refractivity contribution in [3.05, 3.63) is 60.9 Å². The number of fused-ring (bicyclic) bond motifs is 1. The summed E-state index contributed by atoms with van der Waals surface area (Å²) in [6.45, 7) is 8.56. The van der Waals surface area contributed by atoms with Crippen molar-refractivity contribution in [2.45, 2.75) is 52.2 Å². The van der Waals surface area contributed by atoms with Crippen LogP contribution in [0.3, 0.4) is 0 Å². The van der Waals surface area contributed by atoms with Gasteiger partial charge in [0, 0.05) is 19.9 Å². The van der Waals surface area contributed by atoms with Crippen molar-refractivity contribution in [1.82, 2.24) is 9.24 Å². The molecule has 12 nitrogen and oxygen atoms in total. The van der Waals surface area contributed by atoms with Crippen LogP contribution < -0.4 is 21.0 Å². The number of hydrogen-bond donors (Lipinski definition) is 0. The van der Waals surface area contributed by atoms with Crippen molar-refractivity contribution < 1.29 is 32.9 Å². The molecule has 0 spiro atoms. The third-order valence-corrected chi connectivity index (χ3v) is 8.29. The second-order valence-corrected chi connectivity index (χ2v) is 12.3. The molecule has 44 heavy (non-hydrogen) atoms. The Kier molecular flexibility index (Phi) is 8.84. The van der Waals surface area contributed by atoms with Crippen LogP contribution in [0, 0.1) is 12.7 Å². The Bertz CT molecular complexity index is 1760. The monoisotopic (exact) mass is 630 g/mol. The molecular weight excluding hydrogens is 595 g/mol. The van der Waals surface area contributed by atoms with Gasteiger partial charge in [0.1, 0.15) is 40.5 Å². The maximum absolute atomic E-state index is 14.6. The van der Waals surface area contributed by atoms with E-state index in [1.807, 2.05) is 0 Å². The first-order chi connectivity index (χ1) is 20.9. The Morgan fingerprint density at radius 2 is 1.93 bits per heavy atom. The molecule has 1 fully saturated rings. The van der Waals surface area contributed by atoms with E-state index in [1.165, 1.54) is 43.1 Å². The first-order valence-corrected chi connectivity index (χ1v) is 15.0. The summed E-state index contributed by atoms with van der Waals surface area (Å²) in [4.78, 5) is 46.5. The Morgan fingerprint density at radius 3 is 2.57 bits per heavy atom. The van der Waals surface area contributed by atoms with Gasteiger partial charge >= 0.3 is 11.8 Å². The van der Waals surface area contributed by atoms with Gasteiger partial charge in [0.25, 0.3) is 5.56 Å². The first kappa shape index (κ1) is 31.3. The lowest BCUT2D eigenvalue weighted by molar-refractivity contribution is 0.0139. The minimum absolute atomic E-state index is 0.129. The van der Waals surface area contributed by atoms with Crippen LogP contribution >= 0.6 is 11.3 Å². The molecule has 2 aliphatic heterocycles. The van der Waals surface area contributed by atoms with Gasteiger partial charge in [-0.2, -0.15) is 4.68 Å². The minimum atomic E-state index is -0.909. The summed E-state index contributed by atoms with van der Waals surface area (Å²) in [6, 6.07) is 3.97. The zero-order valence-electron chi connectivity index (χ0n) is 25.5. The number of rotatable bonds is 7. The highest BCUT2D eigenvalue weighted by molar-refractivity contribution is 7.20. The van der Waals surface area contributed by atoms with Gasteiger partial charge in [-0.15, -0.1) is 11.3 Å². The molecule has 0 radical (unpaired) electrons. The molecule has 1 saturated heterocycles. The van der Waals surface area contributed by atoms with Gasteiger partial charge in [-0.3, -0.25) is 9.36 Å². The molecule has 0 atom stereocenters. The average molecular weight is 631 g/mol. The Hall–Kier alpha value is -4.17. The molecule has 2 aliphatic rings. The fraction of sp³-hybridized carbons (Fsp3) is 0.467. The normalized spacial score (nSPS) is 16.1. The van der Waals surface area contributed by atoms with Crippen LogP contribution in [0.1, 0.15) is 49.6 Å². The van der Waals surface area contributed by atoms with Gasteiger partial charge < -0.3 is 23.7 Å². The van der Waals surface area contributed by atoms with Crippen LogP contribution in [0.25, 0.3) is 22.2 Å². The number of carbonyl (C=O) groups is 1. The highest BCUT2D eigenvalue weighted by atomic mass is 32.1. The molecule has 0 unspecified atom stereocenters. The maximum atomic E-state index is 14.6. The lowest BCUT2D eigenvalue weighted by atomic mass is 10.1. The van der Waals surface area contributed by atoms with Crippen molar-refractivity contribution in [3.8, 4) is 5.75 Å². The number of nitrogens with zero attached hydrogens (tertiary/aromatic N) is 4. The van der Waals surface area contributed by atoms with Crippen molar-refractivity contribution in [2.24, 2.45) is 4.99 Å². The molecule has 3 aromatic rings. The number of thiophene rings is 1. The third-order valence-electron chi connectivity index (χ3n) is 7.01. The van der Waals surface area contributed by atoms with Crippen LogP contribution in [-0.2, 0) is 18.9 Å². The first-order valence-electron chi connectivity index (χ1n) is 14.1. The minimum Gasteiger partial charge on any atom is -0.496 e. The summed E-state index contributed by atoms with van der Waals surface area (Å²) in [5.74, 6) is 0.262. The number of hydrogen-bond acceptors (Lipinski definition) is 10. The van der Waals surface area contributed by atoms with Crippen LogP contribution in [0.2, 0.25) is 0 Å². The molecule has 236 valence electrons. The quantitative estimate of drug-likeness (QED) is 0.358. The summed E-state index contributed by atoms with van der Waals surface area (Å²) < 4.78 is 45.1. The molecular formula is C30H35FN4O8S. The number of carbonyl (C=O) groups excluding carboxylic acids is 1. The second kappa shape index (κ2) is 12.4. The van der Waals surface area contributed by atoms with E-state index in [0.717, 1.165) is 16.3 Å². The predicted molar refractivity (Wildman–Crippen MR) is 165 cm³/mol. The molecule has 1 aromatic carbocycles. The smallest absolute Gasteiger partial charge is 0.429 e. The molecule has 4 heterocycles. The number of benzene rings is 1. The van der Waals surface area contributed by atoms with Crippen molar-refractivity contribution >= 4 is 45.5 Å². The molecule has 1 amide bonds. The van der Waals surface area contributed by atoms with E-state index >= 15 is 0 Å². The fourth-order valence-electron chi connectivity index (χ4n) is 4.89. The van der Waals surface area contributed by atoms with E-state index in [9.17, 15) is 18.8 Å². The van der Waals surface area contributed by atoms with Crippen molar-refractivity contribution in [3.63, 3.8) is 0 Å². The number of aryl methyl sites for hydroxylation is 1. The van der Waals surface area contributed by atoms with Gasteiger partial charge in [-0.05, 0) is 51.5 Å². The summed E-state index contributed by atoms with van der Waals surface area (Å²) in [5.41, 5.74) is -1.70. The van der Waals surface area contributed by atoms with E-state index in [1.54, 1.807) is 27.7 Å². The zero-order valence-corrected chi connectivity index (χ0v) is 26.3. The predicted octanol–water partition coefficient (Wildman–Crippen LogP) is 4.11. The van der Waals surface area contributed by atoms with Crippen molar-refractivity contribution in [1.29, 1.82) is 0 Å². The topological polar surface area (TPSA) is 123 Å². The van der Waals surface area contributed by atoms with E-state index in [-0.39, 0.29) is 27.6 Å². The Balaban J connectivity index is 1.80. The van der Waals surface area contributed by atoms with Gasteiger partial charge in [0.05, 0.1) is 48.9 Å². The van der Waals surface area contributed by atoms with Crippen LogP contribution in [-0.4, -0.2) is 73.5 Å². The summed E-state index contributed by atoms with van der Waals surface area (Å²) in [5, 5.41) is 1.01. The van der Waals surface area contributed by atoms with Crippen LogP contribution in [0.15, 0.2) is 32.8 Å². The highest BCUT2D eigenvalue weighted by Crippen LogP contribution is 2.34. The Labute approximate surface area is 256 Å². The SMILES string of the molecule is COc1ccc(F)cc1C(=Cn1c(=O)n(N(C)C(=O)OC(C)(C)C)c(=O)c2c(C)c(C3=NCCO3)sc21)OC1CCOCC1. The molecule has 0 bridgehead atoms.